The van der Waals surface area contributed by atoms with Gasteiger partial charge in [-0.2, -0.15) is 0 Å². The van der Waals surface area contributed by atoms with Gasteiger partial charge in [-0.3, -0.25) is 4.79 Å². The fraction of sp³-hybridized carbons (Fsp3) is 0.286. The first kappa shape index (κ1) is 17.1. The smallest absolute Gasteiger partial charge is 0.461 e. The van der Waals surface area contributed by atoms with Gasteiger partial charge in [-0.1, -0.05) is 0 Å². The molecule has 0 atom stereocenters. The molecular formula is C14H11ClF3NO4. The van der Waals surface area contributed by atoms with Crippen LogP contribution < -0.4 is 4.74 Å². The number of nitrogens with one attached hydrogen (secondary N) is 1. The van der Waals surface area contributed by atoms with E-state index in [0.717, 1.165) is 12.1 Å². The summed E-state index contributed by atoms with van der Waals surface area (Å²) in [5, 5.41) is 0.0976. The minimum atomic E-state index is -4.87. The molecule has 0 bridgehead atoms. The van der Waals surface area contributed by atoms with Crippen LogP contribution in [0.2, 0.25) is 0 Å². The Kier molecular flexibility index (Phi) is 4.84. The van der Waals surface area contributed by atoms with E-state index in [1.54, 1.807) is 6.92 Å². The molecule has 1 N–H and O–H groups in total. The maximum absolute atomic E-state index is 12.3. The minimum absolute atomic E-state index is 0.0745. The van der Waals surface area contributed by atoms with Crippen LogP contribution in [-0.4, -0.2) is 35.6 Å². The van der Waals surface area contributed by atoms with Crippen LogP contribution in [-0.2, 0) is 4.74 Å². The molecule has 0 aliphatic carbocycles. The van der Waals surface area contributed by atoms with Gasteiger partial charge in [0.2, 0.25) is 0 Å². The first-order valence-corrected chi connectivity index (χ1v) is 6.98. The van der Waals surface area contributed by atoms with Crippen LogP contribution in [0.15, 0.2) is 18.2 Å². The summed E-state index contributed by atoms with van der Waals surface area (Å²) in [4.78, 5) is 26.6. The van der Waals surface area contributed by atoms with E-state index in [9.17, 15) is 22.8 Å². The highest BCUT2D eigenvalue weighted by atomic mass is 35.5. The number of ether oxygens (including phenoxy) is 2. The zero-order chi connectivity index (χ0) is 17.2. The molecule has 0 fully saturated rings. The Hall–Kier alpha value is -2.22. The molecule has 2 aromatic rings. The van der Waals surface area contributed by atoms with Gasteiger partial charge < -0.3 is 14.5 Å². The highest BCUT2D eigenvalue weighted by Crippen LogP contribution is 2.30. The van der Waals surface area contributed by atoms with Crippen molar-refractivity contribution >= 4 is 34.3 Å². The molecule has 0 unspecified atom stereocenters. The number of fused-ring (bicyclic) bond motifs is 1. The largest absolute Gasteiger partial charge is 0.573 e. The van der Waals surface area contributed by atoms with E-state index < -0.39 is 29.7 Å². The van der Waals surface area contributed by atoms with Crippen LogP contribution in [0.4, 0.5) is 13.2 Å². The van der Waals surface area contributed by atoms with Gasteiger partial charge >= 0.3 is 12.3 Å². The van der Waals surface area contributed by atoms with Gasteiger partial charge in [0.05, 0.1) is 18.1 Å². The number of Topliss-reactive ketones (excluding diaryl/α,β-unsaturated/α-hetero) is 1. The number of H-pyrrole nitrogens is 1. The second kappa shape index (κ2) is 6.49. The van der Waals surface area contributed by atoms with Gasteiger partial charge in [0.25, 0.3) is 0 Å². The molecule has 0 aliphatic rings. The summed E-state index contributed by atoms with van der Waals surface area (Å²) in [6.07, 6.45) is -4.87. The Morgan fingerprint density at radius 3 is 2.57 bits per heavy atom. The predicted octanol–water partition coefficient (Wildman–Crippen LogP) is 3.66. The number of aromatic amines is 1. The molecule has 9 heteroatoms. The summed E-state index contributed by atoms with van der Waals surface area (Å²) in [5.74, 6) is -2.37. The van der Waals surface area contributed by atoms with Crippen LogP contribution in [0.3, 0.4) is 0 Å². The summed E-state index contributed by atoms with van der Waals surface area (Å²) in [6.45, 7) is 1.66. The van der Waals surface area contributed by atoms with Crippen LogP contribution in [0.5, 0.6) is 5.75 Å². The molecule has 0 amide bonds. The van der Waals surface area contributed by atoms with Gasteiger partial charge in [-0.05, 0) is 25.1 Å². The topological polar surface area (TPSA) is 68.4 Å². The summed E-state index contributed by atoms with van der Waals surface area (Å²) in [5.41, 5.74) is 0.00813. The first-order chi connectivity index (χ1) is 10.8. The van der Waals surface area contributed by atoms with Crippen molar-refractivity contribution in [1.82, 2.24) is 4.98 Å². The predicted molar refractivity (Wildman–Crippen MR) is 76.0 cm³/mol. The lowest BCUT2D eigenvalue weighted by Gasteiger charge is -2.08. The molecule has 124 valence electrons. The molecule has 1 heterocycles. The molecule has 1 aromatic heterocycles. The van der Waals surface area contributed by atoms with Gasteiger partial charge in [0.1, 0.15) is 11.4 Å². The number of esters is 1. The number of carbonyl (C=O) groups excluding carboxylic acids is 2. The number of benzene rings is 1. The molecule has 23 heavy (non-hydrogen) atoms. The van der Waals surface area contributed by atoms with E-state index in [-0.39, 0.29) is 28.8 Å². The maximum atomic E-state index is 12.3. The normalized spacial score (nSPS) is 11.5. The van der Waals surface area contributed by atoms with E-state index in [1.807, 2.05) is 0 Å². The molecule has 0 spiro atoms. The van der Waals surface area contributed by atoms with Crippen LogP contribution in [0.1, 0.15) is 27.8 Å². The van der Waals surface area contributed by atoms with Crippen molar-refractivity contribution in [2.75, 3.05) is 12.5 Å². The standard InChI is InChI=1S/C14H11ClF3NO4/c1-2-22-13(21)12-11(10(20)6-15)8-5-7(23-14(16,17)18)3-4-9(8)19-12/h3-5,19H,2,6H2,1H3. The highest BCUT2D eigenvalue weighted by molar-refractivity contribution is 6.33. The Morgan fingerprint density at radius 1 is 1.30 bits per heavy atom. The fourth-order valence-electron chi connectivity index (χ4n) is 2.08. The number of rotatable bonds is 5. The number of carbonyl (C=O) groups is 2. The van der Waals surface area contributed by atoms with Gasteiger partial charge in [-0.25, -0.2) is 4.79 Å². The lowest BCUT2D eigenvalue weighted by Crippen LogP contribution is -2.17. The molecule has 0 radical (unpaired) electrons. The summed E-state index contributed by atoms with van der Waals surface area (Å²) in [7, 11) is 0. The Bertz CT molecular complexity index is 754. The number of ketones is 1. The van der Waals surface area contributed by atoms with E-state index in [4.69, 9.17) is 16.3 Å². The van der Waals surface area contributed by atoms with E-state index in [0.29, 0.717) is 0 Å². The molecule has 5 nitrogen and oxygen atoms in total. The average Bonchev–Trinajstić information content (AvgIpc) is 2.83. The van der Waals surface area contributed by atoms with Crippen LogP contribution in [0.25, 0.3) is 10.9 Å². The highest BCUT2D eigenvalue weighted by Gasteiger charge is 2.32. The van der Waals surface area contributed by atoms with Crippen molar-refractivity contribution in [2.24, 2.45) is 0 Å². The first-order valence-electron chi connectivity index (χ1n) is 6.44. The molecular weight excluding hydrogens is 339 g/mol. The van der Waals surface area contributed by atoms with Crippen molar-refractivity contribution in [3.63, 3.8) is 0 Å². The third-order valence-corrected chi connectivity index (χ3v) is 3.13. The lowest BCUT2D eigenvalue weighted by molar-refractivity contribution is -0.274. The summed E-state index contributed by atoms with van der Waals surface area (Å²) >= 11 is 5.52. The van der Waals surface area contributed by atoms with E-state index >= 15 is 0 Å². The molecule has 2 rings (SSSR count). The zero-order valence-electron chi connectivity index (χ0n) is 11.8. The van der Waals surface area contributed by atoms with Crippen molar-refractivity contribution in [3.8, 4) is 5.75 Å². The second-order valence-electron chi connectivity index (χ2n) is 4.41. The monoisotopic (exact) mass is 349 g/mol. The van der Waals surface area contributed by atoms with E-state index in [1.165, 1.54) is 6.07 Å². The third-order valence-electron chi connectivity index (χ3n) is 2.88. The average molecular weight is 350 g/mol. The van der Waals surface area contributed by atoms with Crippen molar-refractivity contribution < 1.29 is 32.2 Å². The summed E-state index contributed by atoms with van der Waals surface area (Å²) in [6, 6.07) is 3.35. The third kappa shape index (κ3) is 3.76. The fourth-order valence-corrected chi connectivity index (χ4v) is 2.21. The SMILES string of the molecule is CCOC(=O)c1[nH]c2ccc(OC(F)(F)F)cc2c1C(=O)CCl. The Balaban J connectivity index is 2.60. The second-order valence-corrected chi connectivity index (χ2v) is 4.67. The van der Waals surface area contributed by atoms with Crippen molar-refractivity contribution in [2.45, 2.75) is 13.3 Å². The zero-order valence-corrected chi connectivity index (χ0v) is 12.5. The lowest BCUT2D eigenvalue weighted by atomic mass is 10.1. The quantitative estimate of drug-likeness (QED) is 0.508. The number of hydrogen-bond donors (Lipinski definition) is 1. The number of halogens is 4. The van der Waals surface area contributed by atoms with Gasteiger partial charge in [-0.15, -0.1) is 24.8 Å². The number of hydrogen-bond acceptors (Lipinski definition) is 4. The Morgan fingerprint density at radius 2 is 2.00 bits per heavy atom. The van der Waals surface area contributed by atoms with Crippen molar-refractivity contribution in [1.29, 1.82) is 0 Å². The number of aromatic nitrogens is 1. The maximum Gasteiger partial charge on any atom is 0.573 e. The van der Waals surface area contributed by atoms with Gasteiger partial charge in [0, 0.05) is 10.9 Å². The van der Waals surface area contributed by atoms with E-state index in [2.05, 4.69) is 9.72 Å². The van der Waals surface area contributed by atoms with Crippen molar-refractivity contribution in [3.05, 3.63) is 29.5 Å². The summed E-state index contributed by atoms with van der Waals surface area (Å²) < 4.78 is 45.6. The number of alkyl halides is 4. The van der Waals surface area contributed by atoms with Gasteiger partial charge in [0.15, 0.2) is 5.78 Å². The van der Waals surface area contributed by atoms with Crippen LogP contribution in [0, 0.1) is 0 Å². The Labute approximate surface area is 133 Å². The minimum Gasteiger partial charge on any atom is -0.461 e. The molecule has 0 aliphatic heterocycles. The molecule has 0 saturated heterocycles. The van der Waals surface area contributed by atoms with Crippen LogP contribution >= 0.6 is 11.6 Å². The molecule has 0 saturated carbocycles. The molecule has 1 aromatic carbocycles.